The Labute approximate surface area is 110 Å². The van der Waals surface area contributed by atoms with E-state index in [4.69, 9.17) is 10.8 Å². The van der Waals surface area contributed by atoms with Gasteiger partial charge in [0.25, 0.3) is 0 Å². The van der Waals surface area contributed by atoms with Crippen molar-refractivity contribution in [2.45, 2.75) is 6.42 Å². The van der Waals surface area contributed by atoms with Crippen molar-refractivity contribution >= 4 is 17.3 Å². The number of aromatic carboxylic acids is 1. The third kappa shape index (κ3) is 3.01. The van der Waals surface area contributed by atoms with Crippen molar-refractivity contribution in [1.82, 2.24) is 14.8 Å². The number of hydrogen-bond acceptors (Lipinski definition) is 5. The van der Waals surface area contributed by atoms with Crippen molar-refractivity contribution in [2.75, 3.05) is 17.6 Å². The fourth-order valence-corrected chi connectivity index (χ4v) is 1.72. The number of benzene rings is 1. The Bertz CT molecular complexity index is 594. The molecule has 1 heterocycles. The number of aromatic nitrogens is 3. The molecule has 0 fully saturated rings. The molecule has 4 N–H and O–H groups in total. The predicted molar refractivity (Wildman–Crippen MR) is 71.0 cm³/mol. The van der Waals surface area contributed by atoms with Gasteiger partial charge in [0, 0.05) is 31.4 Å². The second-order valence-electron chi connectivity index (χ2n) is 4.14. The monoisotopic (exact) mass is 261 g/mol. The number of nitrogen functional groups attached to an aromatic ring is 1. The number of nitrogens with two attached hydrogens (primary N) is 1. The van der Waals surface area contributed by atoms with Crippen LogP contribution in [0.4, 0.5) is 11.4 Å². The van der Waals surface area contributed by atoms with E-state index in [-0.39, 0.29) is 11.3 Å². The lowest BCUT2D eigenvalue weighted by Crippen LogP contribution is -2.09. The van der Waals surface area contributed by atoms with Crippen LogP contribution in [-0.2, 0) is 13.5 Å². The molecule has 7 nitrogen and oxygen atoms in total. The van der Waals surface area contributed by atoms with Gasteiger partial charge in [0.1, 0.15) is 12.2 Å². The van der Waals surface area contributed by atoms with Gasteiger partial charge >= 0.3 is 5.97 Å². The zero-order valence-electron chi connectivity index (χ0n) is 10.5. The molecule has 100 valence electrons. The minimum Gasteiger partial charge on any atom is -0.478 e. The van der Waals surface area contributed by atoms with E-state index < -0.39 is 5.97 Å². The van der Waals surface area contributed by atoms with E-state index in [2.05, 4.69) is 15.5 Å². The summed E-state index contributed by atoms with van der Waals surface area (Å²) in [7, 11) is 1.88. The highest BCUT2D eigenvalue weighted by atomic mass is 16.4. The standard InChI is InChI=1S/C12H15N5O2/c1-17-7-15-16-11(17)4-5-14-8-2-3-9(12(18)19)10(13)6-8/h2-3,6-7,14H,4-5,13H2,1H3,(H,18,19). The Kier molecular flexibility index (Phi) is 3.65. The van der Waals surface area contributed by atoms with Gasteiger partial charge in [-0.25, -0.2) is 4.79 Å². The fourth-order valence-electron chi connectivity index (χ4n) is 1.72. The third-order valence-electron chi connectivity index (χ3n) is 2.76. The van der Waals surface area contributed by atoms with Gasteiger partial charge in [-0.3, -0.25) is 0 Å². The average Bonchev–Trinajstić information content (AvgIpc) is 2.75. The normalized spacial score (nSPS) is 10.4. The minimum absolute atomic E-state index is 0.110. The summed E-state index contributed by atoms with van der Waals surface area (Å²) in [6.45, 7) is 0.665. The molecule has 2 aromatic rings. The van der Waals surface area contributed by atoms with Gasteiger partial charge in [0.2, 0.25) is 0 Å². The molecule has 0 unspecified atom stereocenters. The Morgan fingerprint density at radius 3 is 2.89 bits per heavy atom. The van der Waals surface area contributed by atoms with Crippen molar-refractivity contribution in [3.63, 3.8) is 0 Å². The maximum atomic E-state index is 10.8. The maximum Gasteiger partial charge on any atom is 0.337 e. The number of anilines is 2. The van der Waals surface area contributed by atoms with E-state index >= 15 is 0 Å². The quantitative estimate of drug-likeness (QED) is 0.686. The predicted octanol–water partition coefficient (Wildman–Crippen LogP) is 0.750. The highest BCUT2D eigenvalue weighted by Crippen LogP contribution is 2.17. The topological polar surface area (TPSA) is 106 Å². The summed E-state index contributed by atoms with van der Waals surface area (Å²) in [6.07, 6.45) is 2.37. The molecular formula is C12H15N5O2. The molecule has 0 saturated carbocycles. The minimum atomic E-state index is -1.02. The first kappa shape index (κ1) is 12.9. The van der Waals surface area contributed by atoms with Crippen molar-refractivity contribution in [2.24, 2.45) is 7.05 Å². The molecule has 2 rings (SSSR count). The third-order valence-corrected chi connectivity index (χ3v) is 2.76. The molecule has 7 heteroatoms. The number of hydrogen-bond donors (Lipinski definition) is 3. The van der Waals surface area contributed by atoms with Crippen LogP contribution in [0, 0.1) is 0 Å². The van der Waals surface area contributed by atoms with Crippen LogP contribution < -0.4 is 11.1 Å². The zero-order chi connectivity index (χ0) is 13.8. The first-order chi connectivity index (χ1) is 9.08. The van der Waals surface area contributed by atoms with Gasteiger partial charge in [-0.05, 0) is 18.2 Å². The molecular weight excluding hydrogens is 246 g/mol. The summed E-state index contributed by atoms with van der Waals surface area (Å²) in [6, 6.07) is 4.79. The molecule has 19 heavy (non-hydrogen) atoms. The molecule has 1 aromatic carbocycles. The van der Waals surface area contributed by atoms with Gasteiger partial charge in [-0.2, -0.15) is 0 Å². The number of carbonyl (C=O) groups is 1. The number of nitrogens with zero attached hydrogens (tertiary/aromatic N) is 3. The molecule has 0 saturated heterocycles. The largest absolute Gasteiger partial charge is 0.478 e. The maximum absolute atomic E-state index is 10.8. The highest BCUT2D eigenvalue weighted by Gasteiger charge is 2.07. The van der Waals surface area contributed by atoms with Crippen LogP contribution in [0.25, 0.3) is 0 Å². The molecule has 0 aliphatic heterocycles. The lowest BCUT2D eigenvalue weighted by atomic mass is 10.1. The van der Waals surface area contributed by atoms with E-state index in [0.29, 0.717) is 6.54 Å². The Morgan fingerprint density at radius 1 is 1.53 bits per heavy atom. The summed E-state index contributed by atoms with van der Waals surface area (Å²) >= 11 is 0. The second-order valence-corrected chi connectivity index (χ2v) is 4.14. The summed E-state index contributed by atoms with van der Waals surface area (Å²) in [5.41, 5.74) is 6.80. The first-order valence-corrected chi connectivity index (χ1v) is 5.77. The molecule has 0 radical (unpaired) electrons. The van der Waals surface area contributed by atoms with Crippen LogP contribution >= 0.6 is 0 Å². The second kappa shape index (κ2) is 5.38. The number of carboxylic acids is 1. The Balaban J connectivity index is 1.95. The van der Waals surface area contributed by atoms with E-state index in [1.807, 2.05) is 11.6 Å². The number of aryl methyl sites for hydroxylation is 1. The van der Waals surface area contributed by atoms with Crippen molar-refractivity contribution in [1.29, 1.82) is 0 Å². The lowest BCUT2D eigenvalue weighted by molar-refractivity contribution is 0.0698. The van der Waals surface area contributed by atoms with Gasteiger partial charge in [0.05, 0.1) is 5.56 Å². The van der Waals surface area contributed by atoms with Crippen LogP contribution in [0.1, 0.15) is 16.2 Å². The molecule has 0 aliphatic rings. The van der Waals surface area contributed by atoms with E-state index in [1.165, 1.54) is 6.07 Å². The van der Waals surface area contributed by atoms with Gasteiger partial charge < -0.3 is 20.7 Å². The molecule has 0 spiro atoms. The lowest BCUT2D eigenvalue weighted by Gasteiger charge is -2.08. The fraction of sp³-hybridized carbons (Fsp3) is 0.250. The smallest absolute Gasteiger partial charge is 0.337 e. The summed E-state index contributed by atoms with van der Waals surface area (Å²) in [4.78, 5) is 10.8. The molecule has 0 amide bonds. The zero-order valence-corrected chi connectivity index (χ0v) is 10.5. The molecule has 1 aromatic heterocycles. The van der Waals surface area contributed by atoms with Gasteiger partial charge in [-0.15, -0.1) is 10.2 Å². The Hall–Kier alpha value is -2.57. The van der Waals surface area contributed by atoms with Crippen LogP contribution in [0.2, 0.25) is 0 Å². The molecule has 0 atom stereocenters. The van der Waals surface area contributed by atoms with Crippen LogP contribution in [-0.4, -0.2) is 32.4 Å². The Morgan fingerprint density at radius 2 is 2.32 bits per heavy atom. The van der Waals surface area contributed by atoms with Gasteiger partial charge in [-0.1, -0.05) is 0 Å². The summed E-state index contributed by atoms with van der Waals surface area (Å²) in [5, 5.41) is 19.8. The number of nitrogens with one attached hydrogen (secondary N) is 1. The average molecular weight is 261 g/mol. The van der Waals surface area contributed by atoms with E-state index in [9.17, 15) is 4.79 Å². The highest BCUT2D eigenvalue weighted by molar-refractivity contribution is 5.94. The molecule has 0 bridgehead atoms. The summed E-state index contributed by atoms with van der Waals surface area (Å²) < 4.78 is 1.85. The SMILES string of the molecule is Cn1cnnc1CCNc1ccc(C(=O)O)c(N)c1. The van der Waals surface area contributed by atoms with E-state index in [1.54, 1.807) is 18.5 Å². The van der Waals surface area contributed by atoms with Crippen LogP contribution in [0.3, 0.4) is 0 Å². The van der Waals surface area contributed by atoms with Gasteiger partial charge in [0.15, 0.2) is 0 Å². The summed E-state index contributed by atoms with van der Waals surface area (Å²) in [5.74, 6) is -0.147. The van der Waals surface area contributed by atoms with E-state index in [0.717, 1.165) is 17.9 Å². The van der Waals surface area contributed by atoms with Crippen molar-refractivity contribution < 1.29 is 9.90 Å². The van der Waals surface area contributed by atoms with Crippen LogP contribution in [0.5, 0.6) is 0 Å². The number of rotatable bonds is 5. The van der Waals surface area contributed by atoms with Crippen molar-refractivity contribution in [3.05, 3.63) is 35.9 Å². The number of carboxylic acid groups (broad SMARTS) is 1. The molecule has 0 aliphatic carbocycles. The van der Waals surface area contributed by atoms with Crippen LogP contribution in [0.15, 0.2) is 24.5 Å². The first-order valence-electron chi connectivity index (χ1n) is 5.77. The van der Waals surface area contributed by atoms with Crippen molar-refractivity contribution in [3.8, 4) is 0 Å².